The molecular formula is C27H24F4N4O6. The topological polar surface area (TPSA) is 106 Å². The van der Waals surface area contributed by atoms with Crippen LogP contribution in [0.2, 0.25) is 0 Å². The van der Waals surface area contributed by atoms with Gasteiger partial charge in [0.05, 0.1) is 38.6 Å². The predicted octanol–water partition coefficient (Wildman–Crippen LogP) is 5.53. The number of benzene rings is 2. The lowest BCUT2D eigenvalue weighted by molar-refractivity contribution is -0.153. The molecule has 0 aliphatic carbocycles. The van der Waals surface area contributed by atoms with E-state index >= 15 is 4.39 Å². The number of rotatable bonds is 9. The molecule has 1 aliphatic heterocycles. The molecule has 2 aromatic carbocycles. The van der Waals surface area contributed by atoms with Crippen LogP contribution in [0.3, 0.4) is 0 Å². The molecule has 10 nitrogen and oxygen atoms in total. The molecule has 1 atom stereocenters. The summed E-state index contributed by atoms with van der Waals surface area (Å²) in [6.07, 6.45) is -1.34. The van der Waals surface area contributed by atoms with Gasteiger partial charge in [-0.25, -0.2) is 4.39 Å². The summed E-state index contributed by atoms with van der Waals surface area (Å²) in [5.74, 6) is -1.01. The summed E-state index contributed by atoms with van der Waals surface area (Å²) < 4.78 is 81.3. The number of methoxy groups -OCH3 is 2. The van der Waals surface area contributed by atoms with E-state index in [0.29, 0.717) is 47.8 Å². The van der Waals surface area contributed by atoms with E-state index in [9.17, 15) is 18.0 Å². The number of carbonyl (C=O) groups excluding carboxylic acids is 1. The highest BCUT2D eigenvalue weighted by Crippen LogP contribution is 2.37. The third kappa shape index (κ3) is 6.27. The summed E-state index contributed by atoms with van der Waals surface area (Å²) in [7, 11) is 2.97. The first-order valence-corrected chi connectivity index (χ1v) is 12.3. The Hall–Kier alpha value is -4.59. The predicted molar refractivity (Wildman–Crippen MR) is 138 cm³/mol. The van der Waals surface area contributed by atoms with E-state index in [0.717, 1.165) is 6.07 Å². The lowest BCUT2D eigenvalue weighted by Crippen LogP contribution is -2.21. The molecule has 0 bridgehead atoms. The van der Waals surface area contributed by atoms with Crippen molar-refractivity contribution in [2.45, 2.75) is 18.6 Å². The van der Waals surface area contributed by atoms with Gasteiger partial charge < -0.3 is 29.0 Å². The fourth-order valence-electron chi connectivity index (χ4n) is 4.22. The zero-order valence-corrected chi connectivity index (χ0v) is 21.8. The molecule has 1 N–H and O–H groups in total. The van der Waals surface area contributed by atoms with Gasteiger partial charge in [-0.3, -0.25) is 14.5 Å². The number of amides is 1. The summed E-state index contributed by atoms with van der Waals surface area (Å²) >= 11 is 0. The second-order valence-electron chi connectivity index (χ2n) is 8.98. The number of aromatic nitrogens is 3. The van der Waals surface area contributed by atoms with Crippen LogP contribution in [0.15, 0.2) is 48.8 Å². The van der Waals surface area contributed by atoms with Crippen molar-refractivity contribution in [3.05, 3.63) is 60.3 Å². The first kappa shape index (κ1) is 28.0. The van der Waals surface area contributed by atoms with Crippen LogP contribution in [-0.4, -0.2) is 60.9 Å². The van der Waals surface area contributed by atoms with Crippen molar-refractivity contribution in [1.29, 1.82) is 0 Å². The molecule has 1 saturated heterocycles. The van der Waals surface area contributed by atoms with Crippen LogP contribution in [0.5, 0.6) is 28.7 Å². The lowest BCUT2D eigenvalue weighted by atomic mass is 10.2. The summed E-state index contributed by atoms with van der Waals surface area (Å²) in [5.41, 5.74) is 0.164. The normalized spacial score (nSPS) is 15.1. The van der Waals surface area contributed by atoms with E-state index in [-0.39, 0.29) is 28.9 Å². The second-order valence-corrected chi connectivity index (χ2v) is 8.98. The summed E-state index contributed by atoms with van der Waals surface area (Å²) in [4.78, 5) is 17.3. The second kappa shape index (κ2) is 11.5. The van der Waals surface area contributed by atoms with Crippen LogP contribution in [0.4, 0.5) is 23.2 Å². The number of carbonyl (C=O) groups is 1. The Balaban J connectivity index is 1.36. The molecule has 1 fully saturated rings. The average molecular weight is 577 g/mol. The SMILES string of the molecule is COc1cc2nccc(Oc3ccc(NC(=O)c4nn(C5CCOC5)cc4OCC(F)(F)F)cc3F)c2cc1OC. The van der Waals surface area contributed by atoms with Crippen molar-refractivity contribution in [3.8, 4) is 28.7 Å². The molecule has 1 aliphatic rings. The Morgan fingerprint density at radius 2 is 1.85 bits per heavy atom. The number of hydrogen-bond acceptors (Lipinski definition) is 8. The Bertz CT molecular complexity index is 1570. The van der Waals surface area contributed by atoms with Gasteiger partial charge in [0.2, 0.25) is 0 Å². The minimum Gasteiger partial charge on any atom is -0.493 e. The van der Waals surface area contributed by atoms with Gasteiger partial charge in [-0.05, 0) is 30.7 Å². The Kier molecular flexibility index (Phi) is 7.83. The molecule has 0 spiro atoms. The molecule has 216 valence electrons. The van der Waals surface area contributed by atoms with Crippen LogP contribution in [0, 0.1) is 5.82 Å². The summed E-state index contributed by atoms with van der Waals surface area (Å²) in [6.45, 7) is -0.861. The molecule has 4 aromatic rings. The van der Waals surface area contributed by atoms with Gasteiger partial charge in [-0.2, -0.15) is 18.3 Å². The molecule has 1 unspecified atom stereocenters. The highest BCUT2D eigenvalue weighted by molar-refractivity contribution is 6.04. The van der Waals surface area contributed by atoms with Crippen LogP contribution in [0.25, 0.3) is 10.9 Å². The van der Waals surface area contributed by atoms with E-state index in [2.05, 4.69) is 15.4 Å². The van der Waals surface area contributed by atoms with E-state index in [4.69, 9.17) is 23.7 Å². The van der Waals surface area contributed by atoms with Gasteiger partial charge in [0.15, 0.2) is 41.1 Å². The Morgan fingerprint density at radius 1 is 1.07 bits per heavy atom. The minimum absolute atomic E-state index is 0.0198. The Labute approximate surface area is 230 Å². The highest BCUT2D eigenvalue weighted by atomic mass is 19.4. The fraction of sp³-hybridized carbons (Fsp3) is 0.296. The molecule has 2 aromatic heterocycles. The Morgan fingerprint density at radius 3 is 2.54 bits per heavy atom. The third-order valence-corrected chi connectivity index (χ3v) is 6.20. The molecule has 0 saturated carbocycles. The largest absolute Gasteiger partial charge is 0.493 e. The van der Waals surface area contributed by atoms with Crippen molar-refractivity contribution in [3.63, 3.8) is 0 Å². The molecule has 1 amide bonds. The monoisotopic (exact) mass is 576 g/mol. The number of pyridine rings is 1. The van der Waals surface area contributed by atoms with Crippen molar-refractivity contribution >= 4 is 22.5 Å². The van der Waals surface area contributed by atoms with E-state index in [1.807, 2.05) is 0 Å². The zero-order valence-electron chi connectivity index (χ0n) is 21.8. The van der Waals surface area contributed by atoms with E-state index in [1.165, 1.54) is 43.4 Å². The van der Waals surface area contributed by atoms with Gasteiger partial charge in [0.25, 0.3) is 5.91 Å². The van der Waals surface area contributed by atoms with Crippen molar-refractivity contribution < 1.29 is 46.0 Å². The van der Waals surface area contributed by atoms with Crippen LogP contribution in [0.1, 0.15) is 23.0 Å². The van der Waals surface area contributed by atoms with Crippen LogP contribution < -0.4 is 24.3 Å². The lowest BCUT2D eigenvalue weighted by Gasteiger charge is -2.13. The third-order valence-electron chi connectivity index (χ3n) is 6.20. The van der Waals surface area contributed by atoms with Gasteiger partial charge in [-0.1, -0.05) is 0 Å². The molecule has 5 rings (SSSR count). The van der Waals surface area contributed by atoms with E-state index in [1.54, 1.807) is 18.2 Å². The number of anilines is 1. The molecule has 3 heterocycles. The zero-order chi connectivity index (χ0) is 29.1. The smallest absolute Gasteiger partial charge is 0.422 e. The van der Waals surface area contributed by atoms with Crippen molar-refractivity contribution in [2.24, 2.45) is 0 Å². The first-order chi connectivity index (χ1) is 19.6. The van der Waals surface area contributed by atoms with Crippen molar-refractivity contribution in [2.75, 3.05) is 39.4 Å². The van der Waals surface area contributed by atoms with Crippen molar-refractivity contribution in [1.82, 2.24) is 14.8 Å². The highest BCUT2D eigenvalue weighted by Gasteiger charge is 2.31. The maximum absolute atomic E-state index is 15.1. The quantitative estimate of drug-likeness (QED) is 0.259. The summed E-state index contributed by atoms with van der Waals surface area (Å²) in [6, 6.07) is 8.29. The minimum atomic E-state index is -4.62. The standard InChI is InChI=1S/C27H24F4N4O6/c1-37-22-10-17-19(11-23(22)38-2)32-7-5-20(17)41-21-4-3-15(9-18(21)28)33-26(36)25-24(40-14-27(29,30)31)12-35(34-25)16-6-8-39-13-16/h3-5,7,9-12,16H,6,8,13-14H2,1-2H3,(H,33,36). The van der Waals surface area contributed by atoms with E-state index < -0.39 is 24.5 Å². The van der Waals surface area contributed by atoms with Gasteiger partial charge in [-0.15, -0.1) is 0 Å². The molecular weight excluding hydrogens is 552 g/mol. The number of nitrogens with one attached hydrogen (secondary N) is 1. The van der Waals surface area contributed by atoms with Gasteiger partial charge in [0, 0.05) is 36.0 Å². The first-order valence-electron chi connectivity index (χ1n) is 12.3. The average Bonchev–Trinajstić information content (AvgIpc) is 3.63. The van der Waals surface area contributed by atoms with Gasteiger partial charge >= 0.3 is 6.18 Å². The molecule has 41 heavy (non-hydrogen) atoms. The summed E-state index contributed by atoms with van der Waals surface area (Å²) in [5, 5.41) is 7.11. The number of ether oxygens (including phenoxy) is 5. The molecule has 0 radical (unpaired) electrons. The van der Waals surface area contributed by atoms with Gasteiger partial charge in [0.1, 0.15) is 5.75 Å². The number of alkyl halides is 3. The number of hydrogen-bond donors (Lipinski definition) is 1. The number of nitrogens with zero attached hydrogens (tertiary/aromatic N) is 3. The number of fused-ring (bicyclic) bond motifs is 1. The van der Waals surface area contributed by atoms with Crippen LogP contribution >= 0.6 is 0 Å². The maximum atomic E-state index is 15.1. The van der Waals surface area contributed by atoms with Crippen LogP contribution in [-0.2, 0) is 4.74 Å². The molecule has 14 heteroatoms. The number of halogens is 4. The fourth-order valence-corrected chi connectivity index (χ4v) is 4.22. The maximum Gasteiger partial charge on any atom is 0.422 e.